The highest BCUT2D eigenvalue weighted by Crippen LogP contribution is 2.08. The van der Waals surface area contributed by atoms with Gasteiger partial charge in [0.2, 0.25) is 5.95 Å². The number of aliphatic hydroxyl groups excluding tert-OH is 1. The van der Waals surface area contributed by atoms with E-state index in [4.69, 9.17) is 16.6 Å². The molecule has 0 radical (unpaired) electrons. The Morgan fingerprint density at radius 2 is 2.15 bits per heavy atom. The highest BCUT2D eigenvalue weighted by molar-refractivity contribution is 5.48. The SMILES string of the molecule is Nc1cc(NCCCO)nc(N)n1. The van der Waals surface area contributed by atoms with Gasteiger partial charge in [-0.3, -0.25) is 0 Å². The molecular weight excluding hydrogens is 170 g/mol. The van der Waals surface area contributed by atoms with E-state index < -0.39 is 0 Å². The van der Waals surface area contributed by atoms with Crippen LogP contribution in [0.3, 0.4) is 0 Å². The van der Waals surface area contributed by atoms with Crippen molar-refractivity contribution >= 4 is 17.6 Å². The number of nitrogens with two attached hydrogens (primary N) is 2. The van der Waals surface area contributed by atoms with E-state index >= 15 is 0 Å². The lowest BCUT2D eigenvalue weighted by Crippen LogP contribution is -2.08. The quantitative estimate of drug-likeness (QED) is 0.465. The van der Waals surface area contributed by atoms with Crippen molar-refractivity contribution in [3.63, 3.8) is 0 Å². The number of rotatable bonds is 4. The summed E-state index contributed by atoms with van der Waals surface area (Å²) in [4.78, 5) is 7.62. The lowest BCUT2D eigenvalue weighted by molar-refractivity contribution is 0.292. The fraction of sp³-hybridized carbons (Fsp3) is 0.429. The number of nitrogens with one attached hydrogen (secondary N) is 1. The van der Waals surface area contributed by atoms with E-state index in [-0.39, 0.29) is 12.6 Å². The van der Waals surface area contributed by atoms with Gasteiger partial charge in [-0.15, -0.1) is 0 Å². The van der Waals surface area contributed by atoms with Gasteiger partial charge in [-0.2, -0.15) is 9.97 Å². The first-order chi connectivity index (χ1) is 6.22. The van der Waals surface area contributed by atoms with Crippen LogP contribution < -0.4 is 16.8 Å². The van der Waals surface area contributed by atoms with Crippen molar-refractivity contribution < 1.29 is 5.11 Å². The predicted octanol–water partition coefficient (Wildman–Crippen LogP) is -0.565. The molecule has 0 aliphatic rings. The Kier molecular flexibility index (Phi) is 3.27. The maximum absolute atomic E-state index is 8.53. The van der Waals surface area contributed by atoms with Crippen LogP contribution in [0, 0.1) is 0 Å². The minimum atomic E-state index is 0.142. The Morgan fingerprint density at radius 3 is 2.77 bits per heavy atom. The van der Waals surface area contributed by atoms with Gasteiger partial charge in [-0.1, -0.05) is 0 Å². The largest absolute Gasteiger partial charge is 0.396 e. The fourth-order valence-corrected chi connectivity index (χ4v) is 0.871. The molecule has 0 atom stereocenters. The zero-order valence-electron chi connectivity index (χ0n) is 7.20. The number of aromatic nitrogens is 2. The molecule has 0 aliphatic carbocycles. The summed E-state index contributed by atoms with van der Waals surface area (Å²) in [5.41, 5.74) is 10.8. The molecule has 1 rings (SSSR count). The van der Waals surface area contributed by atoms with E-state index in [1.54, 1.807) is 6.07 Å². The van der Waals surface area contributed by atoms with Gasteiger partial charge in [-0.25, -0.2) is 0 Å². The van der Waals surface area contributed by atoms with Crippen LogP contribution in [0.2, 0.25) is 0 Å². The van der Waals surface area contributed by atoms with E-state index in [0.29, 0.717) is 24.6 Å². The molecule has 0 saturated heterocycles. The summed E-state index contributed by atoms with van der Waals surface area (Å²) in [6.07, 6.45) is 0.657. The van der Waals surface area contributed by atoms with Crippen molar-refractivity contribution in [2.45, 2.75) is 6.42 Å². The topological polar surface area (TPSA) is 110 Å². The number of hydrogen-bond acceptors (Lipinski definition) is 6. The Hall–Kier alpha value is -1.56. The van der Waals surface area contributed by atoms with Crippen molar-refractivity contribution in [1.82, 2.24) is 9.97 Å². The lowest BCUT2D eigenvalue weighted by atomic mass is 10.4. The van der Waals surface area contributed by atoms with Crippen molar-refractivity contribution in [1.29, 1.82) is 0 Å². The van der Waals surface area contributed by atoms with Gasteiger partial charge >= 0.3 is 0 Å². The number of aliphatic hydroxyl groups is 1. The Labute approximate surface area is 76.0 Å². The maximum atomic E-state index is 8.53. The smallest absolute Gasteiger partial charge is 0.223 e. The first kappa shape index (κ1) is 9.53. The maximum Gasteiger partial charge on any atom is 0.223 e. The molecule has 0 spiro atoms. The Balaban J connectivity index is 2.56. The Bertz CT molecular complexity index is 257. The van der Waals surface area contributed by atoms with E-state index in [1.807, 2.05) is 0 Å². The normalized spacial score (nSPS) is 9.92. The van der Waals surface area contributed by atoms with E-state index in [1.165, 1.54) is 0 Å². The zero-order valence-corrected chi connectivity index (χ0v) is 7.20. The molecule has 72 valence electrons. The van der Waals surface area contributed by atoms with Gasteiger partial charge < -0.3 is 21.9 Å². The third kappa shape index (κ3) is 3.12. The van der Waals surface area contributed by atoms with Crippen LogP contribution in [0.25, 0.3) is 0 Å². The molecule has 13 heavy (non-hydrogen) atoms. The predicted molar refractivity (Wildman–Crippen MR) is 51.0 cm³/mol. The molecule has 0 aromatic carbocycles. The average Bonchev–Trinajstić information content (AvgIpc) is 2.03. The minimum Gasteiger partial charge on any atom is -0.396 e. The molecule has 1 aromatic rings. The van der Waals surface area contributed by atoms with Crippen LogP contribution in [0.1, 0.15) is 6.42 Å². The molecule has 6 N–H and O–H groups in total. The second-order valence-electron chi connectivity index (χ2n) is 2.54. The second kappa shape index (κ2) is 4.46. The summed E-state index contributed by atoms with van der Waals surface area (Å²) in [6.45, 7) is 0.773. The van der Waals surface area contributed by atoms with Crippen molar-refractivity contribution in [2.24, 2.45) is 0 Å². The molecule has 6 heteroatoms. The number of hydrogen-bond donors (Lipinski definition) is 4. The highest BCUT2D eigenvalue weighted by Gasteiger charge is 1.97. The zero-order chi connectivity index (χ0) is 9.68. The monoisotopic (exact) mass is 183 g/mol. The molecule has 1 aromatic heterocycles. The van der Waals surface area contributed by atoms with Gasteiger partial charge in [-0.05, 0) is 6.42 Å². The van der Waals surface area contributed by atoms with Gasteiger partial charge in [0.05, 0.1) is 0 Å². The molecule has 0 aliphatic heterocycles. The van der Waals surface area contributed by atoms with Crippen molar-refractivity contribution in [3.8, 4) is 0 Å². The van der Waals surface area contributed by atoms with Crippen LogP contribution in [-0.2, 0) is 0 Å². The Morgan fingerprint density at radius 1 is 1.38 bits per heavy atom. The summed E-state index contributed by atoms with van der Waals surface area (Å²) < 4.78 is 0. The van der Waals surface area contributed by atoms with Gasteiger partial charge in [0.1, 0.15) is 11.6 Å². The van der Waals surface area contributed by atoms with Crippen LogP contribution in [0.5, 0.6) is 0 Å². The van der Waals surface area contributed by atoms with Gasteiger partial charge in [0, 0.05) is 19.2 Å². The lowest BCUT2D eigenvalue weighted by Gasteiger charge is -2.04. The third-order valence-corrected chi connectivity index (χ3v) is 1.40. The number of nitrogens with zero attached hydrogens (tertiary/aromatic N) is 2. The molecule has 0 amide bonds. The van der Waals surface area contributed by atoms with Crippen LogP contribution in [0.15, 0.2) is 6.07 Å². The molecule has 0 fully saturated rings. The number of anilines is 3. The molecule has 1 heterocycles. The van der Waals surface area contributed by atoms with E-state index in [9.17, 15) is 0 Å². The summed E-state index contributed by atoms with van der Waals surface area (Å²) in [6, 6.07) is 1.59. The highest BCUT2D eigenvalue weighted by atomic mass is 16.3. The molecule has 0 unspecified atom stereocenters. The second-order valence-corrected chi connectivity index (χ2v) is 2.54. The van der Waals surface area contributed by atoms with Crippen LogP contribution in [0.4, 0.5) is 17.6 Å². The molecule has 0 saturated carbocycles. The molecule has 6 nitrogen and oxygen atoms in total. The van der Waals surface area contributed by atoms with Crippen LogP contribution in [-0.4, -0.2) is 28.2 Å². The first-order valence-electron chi connectivity index (χ1n) is 3.97. The van der Waals surface area contributed by atoms with E-state index in [2.05, 4.69) is 15.3 Å². The summed E-state index contributed by atoms with van der Waals surface area (Å²) in [5, 5.41) is 11.5. The number of nitrogen functional groups attached to an aromatic ring is 2. The summed E-state index contributed by atoms with van der Waals surface area (Å²) in [7, 11) is 0. The summed E-state index contributed by atoms with van der Waals surface area (Å²) >= 11 is 0. The van der Waals surface area contributed by atoms with Gasteiger partial charge in [0.25, 0.3) is 0 Å². The fourth-order valence-electron chi connectivity index (χ4n) is 0.871. The van der Waals surface area contributed by atoms with Gasteiger partial charge in [0.15, 0.2) is 0 Å². The summed E-state index contributed by atoms with van der Waals surface area (Å²) in [5.74, 6) is 1.06. The standard InChI is InChI=1S/C7H13N5O/c8-5-4-6(10-2-1-3-13)12-7(9)11-5/h4,13H,1-3H2,(H5,8,9,10,11,12). The minimum absolute atomic E-state index is 0.142. The van der Waals surface area contributed by atoms with E-state index in [0.717, 1.165) is 0 Å². The van der Waals surface area contributed by atoms with Crippen molar-refractivity contribution in [2.75, 3.05) is 29.9 Å². The third-order valence-electron chi connectivity index (χ3n) is 1.40. The molecule has 0 bridgehead atoms. The average molecular weight is 183 g/mol. The molecular formula is C7H13N5O. The van der Waals surface area contributed by atoms with Crippen LogP contribution >= 0.6 is 0 Å². The first-order valence-corrected chi connectivity index (χ1v) is 3.97. The van der Waals surface area contributed by atoms with Crippen molar-refractivity contribution in [3.05, 3.63) is 6.07 Å².